The number of hydrogen-bond donors (Lipinski definition) is 1. The summed E-state index contributed by atoms with van der Waals surface area (Å²) in [5, 5.41) is 3.61. The third-order valence-electron chi connectivity index (χ3n) is 0.549. The monoisotopic (exact) mass is 202 g/mol. The second-order valence-electron chi connectivity index (χ2n) is 1.06. The van der Waals surface area contributed by atoms with Crippen molar-refractivity contribution >= 4 is 5.96 Å². The van der Waals surface area contributed by atoms with Gasteiger partial charge in [-0.2, -0.15) is 0 Å². The van der Waals surface area contributed by atoms with Crippen molar-refractivity contribution in [3.05, 3.63) is 5.32 Å². The molecule has 4 heteroatoms. The summed E-state index contributed by atoms with van der Waals surface area (Å²) in [6, 6.07) is 0. The Balaban J connectivity index is 0. The molecule has 0 spiro atoms. The van der Waals surface area contributed by atoms with E-state index in [9.17, 15) is 0 Å². The minimum absolute atomic E-state index is 0. The number of hydrogen-bond acceptors (Lipinski definition) is 1. The second kappa shape index (κ2) is 6.89. The van der Waals surface area contributed by atoms with E-state index >= 15 is 0 Å². The molecule has 0 saturated carbocycles. The molecular weight excluding hydrogens is 191 g/mol. The van der Waals surface area contributed by atoms with Crippen LogP contribution in [0.5, 0.6) is 0 Å². The normalized spacial score (nSPS) is 10.0. The van der Waals surface area contributed by atoms with E-state index in [4.69, 9.17) is 5.73 Å². The Bertz CT molecular complexity index is 71.7. The maximum atomic E-state index is 5.17. The van der Waals surface area contributed by atoms with Crippen LogP contribution in [0.15, 0.2) is 4.99 Å². The van der Waals surface area contributed by atoms with Gasteiger partial charge in [0.25, 0.3) is 0 Å². The zero-order chi connectivity index (χ0) is 5.70. The van der Waals surface area contributed by atoms with Crippen molar-refractivity contribution in [2.24, 2.45) is 10.7 Å². The van der Waals surface area contributed by atoms with Crippen LogP contribution >= 0.6 is 0 Å². The van der Waals surface area contributed by atoms with Gasteiger partial charge in [-0.05, 0) is 13.6 Å². The summed E-state index contributed by atoms with van der Waals surface area (Å²) in [6.07, 6.45) is 0. The molecule has 0 unspecified atom stereocenters. The first-order chi connectivity index (χ1) is 3.31. The van der Waals surface area contributed by atoms with E-state index in [1.54, 1.807) is 7.05 Å². The molecule has 0 heterocycles. The molecule has 3 nitrogen and oxygen atoms in total. The fourth-order valence-electron chi connectivity index (χ4n) is 0.233. The molecule has 0 aromatic rings. The third kappa shape index (κ3) is 5.89. The number of nitrogens with zero attached hydrogens (tertiary/aromatic N) is 2. The number of rotatable bonds is 1. The predicted octanol–water partition coefficient (Wildman–Crippen LogP) is 0.322. The number of guanidine groups is 1. The Labute approximate surface area is 62.5 Å². The van der Waals surface area contributed by atoms with Crippen LogP contribution in [0.2, 0.25) is 0 Å². The Hall–Kier alpha value is -0.107. The van der Waals surface area contributed by atoms with Gasteiger partial charge in [-0.3, -0.25) is 0 Å². The van der Waals surface area contributed by atoms with E-state index < -0.39 is 0 Å². The second-order valence-corrected chi connectivity index (χ2v) is 1.06. The average Bonchev–Trinajstić information content (AvgIpc) is 1.68. The van der Waals surface area contributed by atoms with E-state index in [1.165, 1.54) is 0 Å². The zero-order valence-electron chi connectivity index (χ0n) is 5.03. The predicted molar refractivity (Wildman–Crippen MR) is 31.4 cm³/mol. The zero-order valence-corrected chi connectivity index (χ0v) is 6.77. The fourth-order valence-corrected chi connectivity index (χ4v) is 0.233. The summed E-state index contributed by atoms with van der Waals surface area (Å²) in [4.78, 5) is 3.77. The van der Waals surface area contributed by atoms with Crippen LogP contribution in [0.3, 0.4) is 0 Å². The van der Waals surface area contributed by atoms with E-state index in [-0.39, 0.29) is 19.5 Å². The molecule has 0 amide bonds. The number of nitrogens with two attached hydrogens (primary N) is 1. The summed E-state index contributed by atoms with van der Waals surface area (Å²) in [5.74, 6) is 0.377. The SMILES string of the molecule is CCN=C(N)[N-]C.[Ru+]. The third-order valence-corrected chi connectivity index (χ3v) is 0.549. The van der Waals surface area contributed by atoms with Crippen molar-refractivity contribution in [3.63, 3.8) is 0 Å². The molecule has 0 rings (SSSR count). The van der Waals surface area contributed by atoms with Crippen molar-refractivity contribution in [1.82, 2.24) is 0 Å². The molecule has 0 saturated heterocycles. The molecule has 0 aromatic heterocycles. The summed E-state index contributed by atoms with van der Waals surface area (Å²) >= 11 is 0. The van der Waals surface area contributed by atoms with Crippen LogP contribution in [0.25, 0.3) is 5.32 Å². The average molecular weight is 201 g/mol. The van der Waals surface area contributed by atoms with Crippen molar-refractivity contribution in [1.29, 1.82) is 0 Å². The maximum absolute atomic E-state index is 5.17. The fraction of sp³-hybridized carbons (Fsp3) is 0.750. The summed E-state index contributed by atoms with van der Waals surface area (Å²) in [7, 11) is 1.62. The van der Waals surface area contributed by atoms with E-state index in [1.807, 2.05) is 6.92 Å². The minimum atomic E-state index is 0. The van der Waals surface area contributed by atoms with Crippen LogP contribution < -0.4 is 5.73 Å². The van der Waals surface area contributed by atoms with Gasteiger partial charge in [-0.1, -0.05) is 6.92 Å². The maximum Gasteiger partial charge on any atom is 1.00 e. The van der Waals surface area contributed by atoms with Crippen molar-refractivity contribution < 1.29 is 19.5 Å². The smallest absolute Gasteiger partial charge is 0.454 e. The van der Waals surface area contributed by atoms with Gasteiger partial charge in [-0.25, -0.2) is 0 Å². The van der Waals surface area contributed by atoms with Crippen LogP contribution in [0.4, 0.5) is 0 Å². The topological polar surface area (TPSA) is 52.5 Å². The van der Waals surface area contributed by atoms with Gasteiger partial charge in [0.2, 0.25) is 0 Å². The van der Waals surface area contributed by atoms with Gasteiger partial charge < -0.3 is 16.0 Å². The van der Waals surface area contributed by atoms with Gasteiger partial charge in [0.1, 0.15) is 0 Å². The molecule has 0 aliphatic carbocycles. The molecule has 0 bridgehead atoms. The molecule has 0 aromatic carbocycles. The molecule has 0 aliphatic rings. The molecular formula is C4H10N3Ru. The molecule has 0 fully saturated rings. The molecule has 0 atom stereocenters. The summed E-state index contributed by atoms with van der Waals surface area (Å²) in [5.41, 5.74) is 5.17. The van der Waals surface area contributed by atoms with Gasteiger partial charge in [0, 0.05) is 5.96 Å². The standard InChI is InChI=1S/C4H10N3.Ru/c1-3-7-4(5)6-2;/h3H2,1-2H3,(H2-,5,6,7);/q-1;+1. The van der Waals surface area contributed by atoms with Crippen LogP contribution in [0.1, 0.15) is 6.92 Å². The van der Waals surface area contributed by atoms with Crippen LogP contribution in [0, 0.1) is 0 Å². The largest absolute Gasteiger partial charge is 1.00 e. The molecule has 0 aliphatic heterocycles. The first kappa shape index (κ1) is 10.8. The van der Waals surface area contributed by atoms with Gasteiger partial charge in [-0.15, -0.1) is 0 Å². The quantitative estimate of drug-likeness (QED) is 0.371. The number of aliphatic imine (C=N–C) groups is 1. The van der Waals surface area contributed by atoms with Gasteiger partial charge in [0.15, 0.2) is 0 Å². The van der Waals surface area contributed by atoms with Crippen molar-refractivity contribution in [2.75, 3.05) is 13.6 Å². The summed E-state index contributed by atoms with van der Waals surface area (Å²) < 4.78 is 0. The van der Waals surface area contributed by atoms with Crippen LogP contribution in [-0.2, 0) is 19.5 Å². The molecule has 49 valence electrons. The Morgan fingerprint density at radius 2 is 2.25 bits per heavy atom. The Morgan fingerprint density at radius 1 is 1.75 bits per heavy atom. The Kier molecular flexibility index (Phi) is 9.31. The first-order valence-corrected chi connectivity index (χ1v) is 2.21. The molecule has 1 radical (unpaired) electrons. The first-order valence-electron chi connectivity index (χ1n) is 2.21. The minimum Gasteiger partial charge on any atom is -0.454 e. The Morgan fingerprint density at radius 3 is 2.38 bits per heavy atom. The molecule has 8 heavy (non-hydrogen) atoms. The van der Waals surface area contributed by atoms with Crippen LogP contribution in [-0.4, -0.2) is 19.6 Å². The van der Waals surface area contributed by atoms with Crippen molar-refractivity contribution in [2.45, 2.75) is 6.92 Å². The van der Waals surface area contributed by atoms with Gasteiger partial charge in [0.05, 0.1) is 0 Å². The van der Waals surface area contributed by atoms with Crippen molar-refractivity contribution in [3.8, 4) is 0 Å². The van der Waals surface area contributed by atoms with E-state index in [0.717, 1.165) is 0 Å². The van der Waals surface area contributed by atoms with Gasteiger partial charge >= 0.3 is 19.5 Å². The van der Waals surface area contributed by atoms with E-state index in [0.29, 0.717) is 12.5 Å². The summed E-state index contributed by atoms with van der Waals surface area (Å²) in [6.45, 7) is 2.63. The molecule has 2 N–H and O–H groups in total. The van der Waals surface area contributed by atoms with E-state index in [2.05, 4.69) is 10.3 Å².